The molecule has 0 saturated heterocycles. The van der Waals surface area contributed by atoms with Crippen molar-refractivity contribution in [2.24, 2.45) is 5.92 Å². The second-order valence-corrected chi connectivity index (χ2v) is 3.50. The van der Waals surface area contributed by atoms with Gasteiger partial charge in [0.2, 0.25) is 5.91 Å². The van der Waals surface area contributed by atoms with Crippen LogP contribution in [0.3, 0.4) is 0 Å². The molecule has 88 valence electrons. The van der Waals surface area contributed by atoms with Crippen molar-refractivity contribution >= 4 is 11.9 Å². The molecule has 0 aromatic rings. The smallest absolute Gasteiger partial charge is 0.303 e. The Morgan fingerprint density at radius 1 is 1.40 bits per heavy atom. The van der Waals surface area contributed by atoms with Crippen molar-refractivity contribution in [3.8, 4) is 0 Å². The number of amides is 1. The maximum atomic E-state index is 11.3. The molecule has 0 aliphatic rings. The topological polar surface area (TPSA) is 75.6 Å². The van der Waals surface area contributed by atoms with Crippen molar-refractivity contribution in [3.63, 3.8) is 0 Å². The summed E-state index contributed by atoms with van der Waals surface area (Å²) < 4.78 is 4.85. The monoisotopic (exact) mass is 217 g/mol. The van der Waals surface area contributed by atoms with Crippen LogP contribution in [0.2, 0.25) is 0 Å². The third-order valence-electron chi connectivity index (χ3n) is 1.98. The Morgan fingerprint density at radius 3 is 2.60 bits per heavy atom. The number of hydrogen-bond donors (Lipinski definition) is 2. The lowest BCUT2D eigenvalue weighted by atomic mass is 10.2. The molecule has 0 aliphatic carbocycles. The minimum Gasteiger partial charge on any atom is -0.481 e. The van der Waals surface area contributed by atoms with Gasteiger partial charge in [0.15, 0.2) is 0 Å². The number of carbonyl (C=O) groups is 2. The highest BCUT2D eigenvalue weighted by Gasteiger charge is 2.11. The van der Waals surface area contributed by atoms with Crippen LogP contribution in [0.5, 0.6) is 0 Å². The zero-order chi connectivity index (χ0) is 11.7. The summed E-state index contributed by atoms with van der Waals surface area (Å²) in [5, 5.41) is 11.1. The molecule has 1 atom stereocenters. The molecule has 15 heavy (non-hydrogen) atoms. The molecule has 0 heterocycles. The van der Waals surface area contributed by atoms with Gasteiger partial charge in [-0.2, -0.15) is 0 Å². The largest absolute Gasteiger partial charge is 0.481 e. The number of carbonyl (C=O) groups excluding carboxylic acids is 1. The van der Waals surface area contributed by atoms with Crippen LogP contribution in [0.1, 0.15) is 26.2 Å². The van der Waals surface area contributed by atoms with E-state index >= 15 is 0 Å². The average Bonchev–Trinajstić information content (AvgIpc) is 2.16. The SMILES string of the molecule is COCC(C)C(=O)NCCCCC(=O)O. The Kier molecular flexibility index (Phi) is 7.62. The molecule has 5 nitrogen and oxygen atoms in total. The van der Waals surface area contributed by atoms with E-state index in [2.05, 4.69) is 5.32 Å². The van der Waals surface area contributed by atoms with Gasteiger partial charge in [0.25, 0.3) is 0 Å². The fraction of sp³-hybridized carbons (Fsp3) is 0.800. The van der Waals surface area contributed by atoms with Gasteiger partial charge in [0.05, 0.1) is 12.5 Å². The van der Waals surface area contributed by atoms with Crippen molar-refractivity contribution < 1.29 is 19.4 Å². The van der Waals surface area contributed by atoms with Crippen LogP contribution in [-0.4, -0.2) is 37.2 Å². The van der Waals surface area contributed by atoms with Crippen molar-refractivity contribution in [2.45, 2.75) is 26.2 Å². The number of unbranched alkanes of at least 4 members (excludes halogenated alkanes) is 1. The van der Waals surface area contributed by atoms with Crippen LogP contribution < -0.4 is 5.32 Å². The first-order valence-corrected chi connectivity index (χ1v) is 5.06. The quantitative estimate of drug-likeness (QED) is 0.585. The van der Waals surface area contributed by atoms with E-state index in [1.165, 1.54) is 0 Å². The third kappa shape index (κ3) is 7.93. The van der Waals surface area contributed by atoms with Gasteiger partial charge in [-0.15, -0.1) is 0 Å². The summed E-state index contributed by atoms with van der Waals surface area (Å²) in [6.07, 6.45) is 1.44. The van der Waals surface area contributed by atoms with E-state index in [1.807, 2.05) is 0 Å². The lowest BCUT2D eigenvalue weighted by molar-refractivity contribution is -0.137. The lowest BCUT2D eigenvalue weighted by Crippen LogP contribution is -2.32. The van der Waals surface area contributed by atoms with Gasteiger partial charge in [0, 0.05) is 20.1 Å². The third-order valence-corrected chi connectivity index (χ3v) is 1.98. The van der Waals surface area contributed by atoms with E-state index in [1.54, 1.807) is 14.0 Å². The van der Waals surface area contributed by atoms with Crippen LogP contribution in [0.15, 0.2) is 0 Å². The first-order valence-electron chi connectivity index (χ1n) is 5.06. The molecule has 0 aromatic carbocycles. The average molecular weight is 217 g/mol. The fourth-order valence-electron chi connectivity index (χ4n) is 1.11. The van der Waals surface area contributed by atoms with Crippen molar-refractivity contribution in [1.29, 1.82) is 0 Å². The number of aliphatic carboxylic acids is 1. The molecule has 0 radical (unpaired) electrons. The number of hydrogen-bond acceptors (Lipinski definition) is 3. The van der Waals surface area contributed by atoms with Crippen LogP contribution in [0, 0.1) is 5.92 Å². The summed E-state index contributed by atoms with van der Waals surface area (Å²) in [6, 6.07) is 0. The molecule has 0 aromatic heterocycles. The predicted molar refractivity (Wildman–Crippen MR) is 55.5 cm³/mol. The van der Waals surface area contributed by atoms with Gasteiger partial charge in [-0.25, -0.2) is 0 Å². The van der Waals surface area contributed by atoms with E-state index in [-0.39, 0.29) is 18.2 Å². The van der Waals surface area contributed by atoms with Crippen molar-refractivity contribution in [2.75, 3.05) is 20.3 Å². The Labute approximate surface area is 89.8 Å². The predicted octanol–water partition coefficient (Wildman–Crippen LogP) is 0.640. The standard InChI is InChI=1S/C10H19NO4/c1-8(7-15-2)10(14)11-6-4-3-5-9(12)13/h8H,3-7H2,1-2H3,(H,11,14)(H,12,13). The van der Waals surface area contributed by atoms with Gasteiger partial charge in [-0.3, -0.25) is 9.59 Å². The Hall–Kier alpha value is -1.10. The van der Waals surface area contributed by atoms with Crippen LogP contribution >= 0.6 is 0 Å². The molecule has 2 N–H and O–H groups in total. The van der Waals surface area contributed by atoms with Crippen molar-refractivity contribution in [1.82, 2.24) is 5.32 Å². The van der Waals surface area contributed by atoms with Crippen LogP contribution in [0.25, 0.3) is 0 Å². The molecule has 5 heteroatoms. The summed E-state index contributed by atoms with van der Waals surface area (Å²) in [4.78, 5) is 21.5. The lowest BCUT2D eigenvalue weighted by Gasteiger charge is -2.10. The van der Waals surface area contributed by atoms with Crippen molar-refractivity contribution in [3.05, 3.63) is 0 Å². The minimum atomic E-state index is -0.797. The number of nitrogens with one attached hydrogen (secondary N) is 1. The summed E-state index contributed by atoms with van der Waals surface area (Å²) in [6.45, 7) is 2.72. The fourth-order valence-corrected chi connectivity index (χ4v) is 1.11. The van der Waals surface area contributed by atoms with E-state index in [4.69, 9.17) is 9.84 Å². The van der Waals surface area contributed by atoms with E-state index in [0.717, 1.165) is 0 Å². The summed E-state index contributed by atoms with van der Waals surface area (Å²) in [7, 11) is 1.55. The summed E-state index contributed by atoms with van der Waals surface area (Å²) in [5.41, 5.74) is 0. The molecule has 0 spiro atoms. The zero-order valence-corrected chi connectivity index (χ0v) is 9.28. The molecule has 1 unspecified atom stereocenters. The highest BCUT2D eigenvalue weighted by molar-refractivity contribution is 5.78. The van der Waals surface area contributed by atoms with E-state index in [0.29, 0.717) is 26.0 Å². The Bertz CT molecular complexity index is 206. The maximum absolute atomic E-state index is 11.3. The van der Waals surface area contributed by atoms with Gasteiger partial charge in [-0.1, -0.05) is 6.92 Å². The van der Waals surface area contributed by atoms with Crippen LogP contribution in [0.4, 0.5) is 0 Å². The highest BCUT2D eigenvalue weighted by Crippen LogP contribution is 1.97. The second kappa shape index (κ2) is 8.23. The summed E-state index contributed by atoms with van der Waals surface area (Å²) in [5.74, 6) is -1.00. The number of carboxylic acid groups (broad SMARTS) is 1. The molecule has 0 rings (SSSR count). The minimum absolute atomic E-state index is 0.0489. The van der Waals surface area contributed by atoms with E-state index in [9.17, 15) is 9.59 Å². The van der Waals surface area contributed by atoms with E-state index < -0.39 is 5.97 Å². The van der Waals surface area contributed by atoms with Gasteiger partial charge in [-0.05, 0) is 12.8 Å². The second-order valence-electron chi connectivity index (χ2n) is 3.50. The molecule has 1 amide bonds. The molecule has 0 aliphatic heterocycles. The Morgan fingerprint density at radius 2 is 2.07 bits per heavy atom. The first-order chi connectivity index (χ1) is 7.07. The van der Waals surface area contributed by atoms with Crippen LogP contribution in [-0.2, 0) is 14.3 Å². The first kappa shape index (κ1) is 13.9. The highest BCUT2D eigenvalue weighted by atomic mass is 16.5. The molecular weight excluding hydrogens is 198 g/mol. The molecule has 0 saturated carbocycles. The number of rotatable bonds is 8. The number of methoxy groups -OCH3 is 1. The maximum Gasteiger partial charge on any atom is 0.303 e. The molecule has 0 bridgehead atoms. The Balaban J connectivity index is 3.42. The van der Waals surface area contributed by atoms with Gasteiger partial charge >= 0.3 is 5.97 Å². The van der Waals surface area contributed by atoms with Gasteiger partial charge < -0.3 is 15.2 Å². The molecular formula is C10H19NO4. The van der Waals surface area contributed by atoms with Gasteiger partial charge in [0.1, 0.15) is 0 Å². The number of ether oxygens (including phenoxy) is 1. The zero-order valence-electron chi connectivity index (χ0n) is 9.28. The summed E-state index contributed by atoms with van der Waals surface area (Å²) >= 11 is 0. The normalized spacial score (nSPS) is 12.1. The molecule has 0 fully saturated rings. The number of carboxylic acids is 1.